The quantitative estimate of drug-likeness (QED) is 0.820. The fraction of sp³-hybridized carbons (Fsp3) is 0.190. The largest absolute Gasteiger partial charge is 0.493 e. The van der Waals surface area contributed by atoms with Crippen molar-refractivity contribution in [1.29, 1.82) is 5.26 Å². The minimum absolute atomic E-state index is 0.0468. The smallest absolute Gasteiger partial charge is 0.231 e. The molecule has 4 rings (SSSR count). The Morgan fingerprint density at radius 3 is 2.68 bits per heavy atom. The van der Waals surface area contributed by atoms with Gasteiger partial charge in [-0.2, -0.15) is 5.26 Å². The molecule has 140 valence electrons. The van der Waals surface area contributed by atoms with Crippen LogP contribution in [-0.2, 0) is 0 Å². The van der Waals surface area contributed by atoms with Crippen LogP contribution in [0.25, 0.3) is 0 Å². The van der Waals surface area contributed by atoms with Crippen LogP contribution in [0.4, 0.5) is 0 Å². The van der Waals surface area contributed by atoms with Crippen LogP contribution in [0, 0.1) is 23.7 Å². The monoisotopic (exact) mass is 376 g/mol. The molecular weight excluding hydrogens is 360 g/mol. The second-order valence-electron chi connectivity index (χ2n) is 6.07. The summed E-state index contributed by atoms with van der Waals surface area (Å²) in [4.78, 5) is 0. The van der Waals surface area contributed by atoms with E-state index in [1.54, 1.807) is 24.3 Å². The highest BCUT2D eigenvalue weighted by Gasteiger charge is 2.33. The van der Waals surface area contributed by atoms with Gasteiger partial charge in [-0.25, -0.2) is 0 Å². The number of nitrogens with zero attached hydrogens (tertiary/aromatic N) is 1. The zero-order valence-electron chi connectivity index (χ0n) is 15.0. The summed E-state index contributed by atoms with van der Waals surface area (Å²) in [5.74, 6) is 4.68. The van der Waals surface area contributed by atoms with Gasteiger partial charge >= 0.3 is 0 Å². The summed E-state index contributed by atoms with van der Waals surface area (Å²) in [5.41, 5.74) is 7.85. The predicted molar refractivity (Wildman–Crippen MR) is 99.2 cm³/mol. The lowest BCUT2D eigenvalue weighted by Crippen LogP contribution is -2.21. The lowest BCUT2D eigenvalue weighted by atomic mass is 9.83. The molecule has 7 nitrogen and oxygen atoms in total. The summed E-state index contributed by atoms with van der Waals surface area (Å²) in [6.45, 7) is 0.252. The molecule has 1 atom stereocenters. The molecular formula is C21H16N2O5. The lowest BCUT2D eigenvalue weighted by Gasteiger charge is -2.27. The van der Waals surface area contributed by atoms with Crippen molar-refractivity contribution < 1.29 is 23.7 Å². The maximum absolute atomic E-state index is 9.71. The summed E-state index contributed by atoms with van der Waals surface area (Å²) in [6, 6.07) is 11.1. The average molecular weight is 376 g/mol. The summed E-state index contributed by atoms with van der Waals surface area (Å²) < 4.78 is 27.5. The molecule has 28 heavy (non-hydrogen) atoms. The standard InChI is InChI=1S/C21H16N2O5/c1-3-6-25-15-5-4-12(7-17(15)24-2)20-13-8-18-19(27-11-26-18)9-16(13)28-21(23)14(20)10-22/h1,4-5,7-9,20H,6,11,23H2,2H3/t20-/m1/s1. The molecule has 0 fully saturated rings. The van der Waals surface area contributed by atoms with E-state index in [1.165, 1.54) is 7.11 Å². The van der Waals surface area contributed by atoms with Crippen LogP contribution < -0.4 is 29.4 Å². The van der Waals surface area contributed by atoms with Crippen molar-refractivity contribution in [2.45, 2.75) is 5.92 Å². The fourth-order valence-electron chi connectivity index (χ4n) is 3.29. The molecule has 7 heteroatoms. The third-order valence-corrected chi connectivity index (χ3v) is 4.54. The van der Waals surface area contributed by atoms with E-state index in [0.29, 0.717) is 34.3 Å². The van der Waals surface area contributed by atoms with Gasteiger partial charge in [-0.3, -0.25) is 0 Å². The van der Waals surface area contributed by atoms with Crippen molar-refractivity contribution in [3.05, 3.63) is 52.9 Å². The number of terminal acetylenes is 1. The van der Waals surface area contributed by atoms with Crippen LogP contribution in [0.5, 0.6) is 28.7 Å². The minimum atomic E-state index is -0.459. The highest BCUT2D eigenvalue weighted by molar-refractivity contribution is 5.62. The number of nitrogens with two attached hydrogens (primary N) is 1. The Morgan fingerprint density at radius 1 is 1.18 bits per heavy atom. The number of benzene rings is 2. The molecule has 0 amide bonds. The summed E-state index contributed by atoms with van der Waals surface area (Å²) in [5, 5.41) is 9.71. The summed E-state index contributed by atoms with van der Waals surface area (Å²) in [6.07, 6.45) is 5.26. The van der Waals surface area contributed by atoms with Crippen molar-refractivity contribution in [2.75, 3.05) is 20.5 Å². The summed E-state index contributed by atoms with van der Waals surface area (Å²) >= 11 is 0. The van der Waals surface area contributed by atoms with Crippen molar-refractivity contribution in [3.63, 3.8) is 0 Å². The summed E-state index contributed by atoms with van der Waals surface area (Å²) in [7, 11) is 1.53. The van der Waals surface area contributed by atoms with Gasteiger partial charge in [0.1, 0.15) is 24.0 Å². The molecule has 0 saturated carbocycles. The van der Waals surface area contributed by atoms with E-state index in [4.69, 9.17) is 35.8 Å². The number of rotatable bonds is 4. The van der Waals surface area contributed by atoms with E-state index in [2.05, 4.69) is 12.0 Å². The molecule has 2 aliphatic rings. The first-order valence-corrected chi connectivity index (χ1v) is 8.41. The van der Waals surface area contributed by atoms with E-state index >= 15 is 0 Å². The van der Waals surface area contributed by atoms with Gasteiger partial charge in [-0.1, -0.05) is 12.0 Å². The minimum Gasteiger partial charge on any atom is -0.493 e. The van der Waals surface area contributed by atoms with Gasteiger partial charge in [-0.15, -0.1) is 6.42 Å². The van der Waals surface area contributed by atoms with Crippen molar-refractivity contribution in [3.8, 4) is 47.2 Å². The second-order valence-corrected chi connectivity index (χ2v) is 6.07. The Labute approximate surface area is 161 Å². The molecule has 0 radical (unpaired) electrons. The highest BCUT2D eigenvalue weighted by atomic mass is 16.7. The SMILES string of the molecule is C#CCOc1ccc([C@H]2C(C#N)=C(N)Oc3cc4c(cc32)OCO4)cc1OC. The zero-order chi connectivity index (χ0) is 19.7. The van der Waals surface area contributed by atoms with Gasteiger partial charge in [0.05, 0.1) is 13.0 Å². The first kappa shape index (κ1) is 17.4. The normalized spacial score (nSPS) is 16.5. The van der Waals surface area contributed by atoms with E-state index in [0.717, 1.165) is 11.1 Å². The molecule has 2 aromatic carbocycles. The Kier molecular flexibility index (Phi) is 4.35. The maximum Gasteiger partial charge on any atom is 0.231 e. The van der Waals surface area contributed by atoms with Crippen LogP contribution in [0.1, 0.15) is 17.0 Å². The van der Waals surface area contributed by atoms with Crippen LogP contribution in [0.3, 0.4) is 0 Å². The van der Waals surface area contributed by atoms with E-state index in [-0.39, 0.29) is 19.3 Å². The van der Waals surface area contributed by atoms with Crippen LogP contribution >= 0.6 is 0 Å². The molecule has 0 unspecified atom stereocenters. The average Bonchev–Trinajstić information content (AvgIpc) is 3.17. The van der Waals surface area contributed by atoms with Crippen LogP contribution in [-0.4, -0.2) is 20.5 Å². The molecule has 2 aromatic rings. The van der Waals surface area contributed by atoms with Gasteiger partial charge in [0.2, 0.25) is 12.7 Å². The first-order chi connectivity index (χ1) is 13.7. The molecule has 0 saturated heterocycles. The Bertz CT molecular complexity index is 1060. The number of nitriles is 1. The van der Waals surface area contributed by atoms with Gasteiger partial charge in [0, 0.05) is 11.6 Å². The van der Waals surface area contributed by atoms with Crippen molar-refractivity contribution in [2.24, 2.45) is 5.73 Å². The predicted octanol–water partition coefficient (Wildman–Crippen LogP) is 2.65. The molecule has 0 aromatic heterocycles. The molecule has 2 N–H and O–H groups in total. The van der Waals surface area contributed by atoms with Crippen LogP contribution in [0.2, 0.25) is 0 Å². The fourth-order valence-corrected chi connectivity index (χ4v) is 3.29. The number of methoxy groups -OCH3 is 1. The van der Waals surface area contributed by atoms with E-state index < -0.39 is 5.92 Å². The second kappa shape index (κ2) is 6.98. The first-order valence-electron chi connectivity index (χ1n) is 8.41. The zero-order valence-corrected chi connectivity index (χ0v) is 15.0. The number of ether oxygens (including phenoxy) is 5. The Morgan fingerprint density at radius 2 is 1.96 bits per heavy atom. The van der Waals surface area contributed by atoms with Gasteiger partial charge in [0.25, 0.3) is 0 Å². The lowest BCUT2D eigenvalue weighted by molar-refractivity contribution is 0.174. The molecule has 0 bridgehead atoms. The van der Waals surface area contributed by atoms with E-state index in [9.17, 15) is 5.26 Å². The van der Waals surface area contributed by atoms with Gasteiger partial charge in [0.15, 0.2) is 23.0 Å². The Balaban J connectivity index is 1.84. The molecule has 2 aliphatic heterocycles. The van der Waals surface area contributed by atoms with Crippen molar-refractivity contribution in [1.82, 2.24) is 0 Å². The van der Waals surface area contributed by atoms with Crippen LogP contribution in [0.15, 0.2) is 41.8 Å². The van der Waals surface area contributed by atoms with E-state index in [1.807, 2.05) is 6.07 Å². The highest BCUT2D eigenvalue weighted by Crippen LogP contribution is 2.48. The van der Waals surface area contributed by atoms with Gasteiger partial charge in [-0.05, 0) is 23.8 Å². The molecule has 0 spiro atoms. The topological polar surface area (TPSA) is 96.0 Å². The number of hydrogen-bond donors (Lipinski definition) is 1. The third kappa shape index (κ3) is 2.80. The van der Waals surface area contributed by atoms with Crippen molar-refractivity contribution >= 4 is 0 Å². The number of allylic oxidation sites excluding steroid dienone is 1. The maximum atomic E-state index is 9.71. The van der Waals surface area contributed by atoms with Gasteiger partial charge < -0.3 is 29.4 Å². The Hall–Kier alpha value is -3.97. The third-order valence-electron chi connectivity index (χ3n) is 4.54. The number of fused-ring (bicyclic) bond motifs is 2. The molecule has 0 aliphatic carbocycles. The molecule has 2 heterocycles. The number of hydrogen-bond acceptors (Lipinski definition) is 7.